The highest BCUT2D eigenvalue weighted by Crippen LogP contribution is 2.15. The molecule has 0 fully saturated rings. The molecule has 1 radical (unpaired) electrons. The summed E-state index contributed by atoms with van der Waals surface area (Å²) in [6, 6.07) is 10.9. The van der Waals surface area contributed by atoms with Gasteiger partial charge in [-0.2, -0.15) is 0 Å². The van der Waals surface area contributed by atoms with Crippen LogP contribution in [0.5, 0.6) is 0 Å². The van der Waals surface area contributed by atoms with Gasteiger partial charge in [-0.05, 0) is 22.0 Å². The van der Waals surface area contributed by atoms with Gasteiger partial charge in [-0.15, -0.1) is 0 Å². The van der Waals surface area contributed by atoms with Crippen LogP contribution in [0.1, 0.15) is 0 Å². The van der Waals surface area contributed by atoms with Crippen molar-refractivity contribution in [1.82, 2.24) is 4.98 Å². The minimum atomic E-state index is 0.913. The lowest BCUT2D eigenvalue weighted by atomic mass is 10.2. The highest BCUT2D eigenvalue weighted by Gasteiger charge is 1.92. The van der Waals surface area contributed by atoms with E-state index >= 15 is 0 Å². The molecule has 1 aromatic carbocycles. The highest BCUT2D eigenvalue weighted by molar-refractivity contribution is 9.10. The molecule has 0 aliphatic heterocycles. The van der Waals surface area contributed by atoms with Crippen molar-refractivity contribution in [3.05, 3.63) is 41.0 Å². The minimum Gasteiger partial charge on any atom is -0.254 e. The fourth-order valence-corrected chi connectivity index (χ4v) is 1.33. The van der Waals surface area contributed by atoms with E-state index < -0.39 is 0 Å². The van der Waals surface area contributed by atoms with Crippen LogP contribution in [0.2, 0.25) is 0 Å². The summed E-state index contributed by atoms with van der Waals surface area (Å²) in [7, 11) is 0. The average molecular weight is 207 g/mol. The normalized spacial score (nSPS) is 10.3. The van der Waals surface area contributed by atoms with Gasteiger partial charge in [0.25, 0.3) is 0 Å². The molecule has 0 saturated carbocycles. The number of para-hydroxylation sites is 1. The molecule has 0 bridgehead atoms. The number of hydrogen-bond acceptors (Lipinski definition) is 1. The Labute approximate surface area is 73.2 Å². The van der Waals surface area contributed by atoms with Crippen LogP contribution >= 0.6 is 15.9 Å². The fourth-order valence-electron chi connectivity index (χ4n) is 0.981. The molecule has 1 nitrogen and oxygen atoms in total. The molecule has 0 N–H and O–H groups in total. The monoisotopic (exact) mass is 206 g/mol. The van der Waals surface area contributed by atoms with Crippen molar-refractivity contribution in [3.63, 3.8) is 0 Å². The second kappa shape index (κ2) is 2.62. The van der Waals surface area contributed by atoms with Gasteiger partial charge in [0, 0.05) is 22.1 Å². The summed E-state index contributed by atoms with van der Waals surface area (Å²) < 4.78 is 1.00. The largest absolute Gasteiger partial charge is 0.254 e. The van der Waals surface area contributed by atoms with E-state index in [4.69, 9.17) is 0 Å². The number of fused-ring (bicyclic) bond motifs is 1. The van der Waals surface area contributed by atoms with Crippen LogP contribution in [0.3, 0.4) is 0 Å². The van der Waals surface area contributed by atoms with Gasteiger partial charge >= 0.3 is 0 Å². The van der Waals surface area contributed by atoms with Crippen molar-refractivity contribution in [2.24, 2.45) is 0 Å². The van der Waals surface area contributed by atoms with Crippen molar-refractivity contribution in [1.29, 1.82) is 0 Å². The summed E-state index contributed by atoms with van der Waals surface area (Å²) in [6.07, 6.45) is 1.78. The number of pyridine rings is 1. The second-order valence-corrected chi connectivity index (χ2v) is 3.18. The van der Waals surface area contributed by atoms with Gasteiger partial charge in [0.2, 0.25) is 0 Å². The van der Waals surface area contributed by atoms with E-state index in [1.54, 1.807) is 6.20 Å². The lowest BCUT2D eigenvalue weighted by Crippen LogP contribution is -1.76. The lowest BCUT2D eigenvalue weighted by molar-refractivity contribution is 1.39. The van der Waals surface area contributed by atoms with Crippen LogP contribution < -0.4 is 0 Å². The quantitative estimate of drug-likeness (QED) is 0.647. The molecular weight excluding hydrogens is 202 g/mol. The summed E-state index contributed by atoms with van der Waals surface area (Å²) in [6.45, 7) is 0. The zero-order valence-corrected chi connectivity index (χ0v) is 7.30. The summed E-state index contributed by atoms with van der Waals surface area (Å²) in [5.74, 6) is 0. The fraction of sp³-hybridized carbons (Fsp3) is 0. The molecular formula is C9H5BrN. The molecule has 0 atom stereocenters. The Morgan fingerprint density at radius 1 is 1.45 bits per heavy atom. The molecule has 0 aliphatic rings. The smallest absolute Gasteiger partial charge is 0.0781 e. The third-order valence-corrected chi connectivity index (χ3v) is 1.91. The Balaban J connectivity index is 2.83. The van der Waals surface area contributed by atoms with E-state index in [0.717, 1.165) is 15.4 Å². The van der Waals surface area contributed by atoms with Gasteiger partial charge < -0.3 is 0 Å². The van der Waals surface area contributed by atoms with E-state index in [2.05, 4.69) is 27.0 Å². The van der Waals surface area contributed by atoms with Crippen LogP contribution in [-0.2, 0) is 0 Å². The zero-order valence-electron chi connectivity index (χ0n) is 5.71. The Morgan fingerprint density at radius 3 is 3.27 bits per heavy atom. The molecule has 0 spiro atoms. The Morgan fingerprint density at radius 2 is 2.36 bits per heavy atom. The number of benzene rings is 1. The topological polar surface area (TPSA) is 12.9 Å². The molecule has 1 heterocycles. The van der Waals surface area contributed by atoms with Crippen LogP contribution in [0, 0.1) is 6.07 Å². The van der Waals surface area contributed by atoms with Gasteiger partial charge in [-0.1, -0.05) is 18.2 Å². The second-order valence-electron chi connectivity index (χ2n) is 2.26. The molecule has 2 heteroatoms. The predicted octanol–water partition coefficient (Wildman–Crippen LogP) is 2.80. The van der Waals surface area contributed by atoms with Crippen molar-refractivity contribution >= 4 is 26.8 Å². The van der Waals surface area contributed by atoms with Crippen LogP contribution in [0.4, 0.5) is 0 Å². The van der Waals surface area contributed by atoms with Crippen molar-refractivity contribution < 1.29 is 0 Å². The summed E-state index contributed by atoms with van der Waals surface area (Å²) in [5, 5.41) is 1.11. The maximum atomic E-state index is 4.18. The first-order chi connectivity index (χ1) is 5.36. The molecule has 0 unspecified atom stereocenters. The summed E-state index contributed by atoms with van der Waals surface area (Å²) in [4.78, 5) is 4.18. The molecule has 2 aromatic rings. The number of halogens is 1. The molecule has 0 saturated heterocycles. The number of rotatable bonds is 0. The van der Waals surface area contributed by atoms with Gasteiger partial charge in [0.05, 0.1) is 5.52 Å². The van der Waals surface area contributed by atoms with Gasteiger partial charge in [0.1, 0.15) is 0 Å². The number of nitrogens with zero attached hydrogens (tertiary/aromatic N) is 1. The first-order valence-electron chi connectivity index (χ1n) is 3.28. The van der Waals surface area contributed by atoms with E-state index in [1.807, 2.05) is 24.3 Å². The van der Waals surface area contributed by atoms with Crippen molar-refractivity contribution in [2.45, 2.75) is 0 Å². The summed E-state index contributed by atoms with van der Waals surface area (Å²) >= 11 is 3.36. The maximum absolute atomic E-state index is 4.18. The Bertz CT molecular complexity index is 384. The predicted molar refractivity (Wildman–Crippen MR) is 48.3 cm³/mol. The molecule has 11 heavy (non-hydrogen) atoms. The summed E-state index contributed by atoms with van der Waals surface area (Å²) in [5.41, 5.74) is 0.913. The number of aromatic nitrogens is 1. The zero-order chi connectivity index (χ0) is 7.68. The Hall–Kier alpha value is -0.890. The lowest BCUT2D eigenvalue weighted by Gasteiger charge is -1.94. The van der Waals surface area contributed by atoms with Gasteiger partial charge in [0.15, 0.2) is 0 Å². The van der Waals surface area contributed by atoms with E-state index in [0.29, 0.717) is 0 Å². The number of hydrogen-bond donors (Lipinski definition) is 0. The van der Waals surface area contributed by atoms with E-state index in [-0.39, 0.29) is 0 Å². The highest BCUT2D eigenvalue weighted by atomic mass is 79.9. The van der Waals surface area contributed by atoms with Crippen molar-refractivity contribution in [2.75, 3.05) is 0 Å². The molecule has 53 valence electrons. The van der Waals surface area contributed by atoms with Gasteiger partial charge in [-0.3, -0.25) is 4.98 Å². The minimum absolute atomic E-state index is 0.913. The maximum Gasteiger partial charge on any atom is 0.0781 e. The third kappa shape index (κ3) is 1.26. The first kappa shape index (κ1) is 6.80. The molecule has 0 amide bonds. The van der Waals surface area contributed by atoms with Crippen LogP contribution in [0.15, 0.2) is 34.9 Å². The molecule has 0 aliphatic carbocycles. The SMILES string of the molecule is Brc1cnc2[c]cccc2c1. The van der Waals surface area contributed by atoms with E-state index in [1.165, 1.54) is 0 Å². The molecule has 1 aromatic heterocycles. The first-order valence-corrected chi connectivity index (χ1v) is 4.07. The van der Waals surface area contributed by atoms with E-state index in [9.17, 15) is 0 Å². The standard InChI is InChI=1S/C9H5BrN/c10-8-5-7-3-1-2-4-9(7)11-6-8/h1-3,5-6H. The molecule has 2 rings (SSSR count). The average Bonchev–Trinajstić information content (AvgIpc) is 2.04. The van der Waals surface area contributed by atoms with Crippen molar-refractivity contribution in [3.8, 4) is 0 Å². The van der Waals surface area contributed by atoms with Crippen LogP contribution in [0.25, 0.3) is 10.9 Å². The van der Waals surface area contributed by atoms with Gasteiger partial charge in [-0.25, -0.2) is 0 Å². The third-order valence-electron chi connectivity index (χ3n) is 1.48. The van der Waals surface area contributed by atoms with Crippen LogP contribution in [-0.4, -0.2) is 4.98 Å². The Kier molecular flexibility index (Phi) is 1.62.